The van der Waals surface area contributed by atoms with Gasteiger partial charge < -0.3 is 19.3 Å². The van der Waals surface area contributed by atoms with Gasteiger partial charge in [-0.25, -0.2) is 4.79 Å². The van der Waals surface area contributed by atoms with E-state index in [4.69, 9.17) is 14.2 Å². The third-order valence-corrected chi connectivity index (χ3v) is 6.78. The zero-order valence-electron chi connectivity index (χ0n) is 20.6. The van der Waals surface area contributed by atoms with Crippen molar-refractivity contribution in [3.8, 4) is 5.75 Å². The molecule has 0 aliphatic carbocycles. The first-order valence-corrected chi connectivity index (χ1v) is 12.2. The molecule has 2 N–H and O–H groups in total. The van der Waals surface area contributed by atoms with Gasteiger partial charge in [0, 0.05) is 6.42 Å². The quantitative estimate of drug-likeness (QED) is 0.347. The van der Waals surface area contributed by atoms with Crippen LogP contribution in [0, 0.1) is 5.82 Å². The van der Waals surface area contributed by atoms with Crippen molar-refractivity contribution in [3.63, 3.8) is 0 Å². The molecule has 1 aliphatic heterocycles. The third-order valence-electron chi connectivity index (χ3n) is 6.78. The summed E-state index contributed by atoms with van der Waals surface area (Å²) >= 11 is 0. The average Bonchev–Trinajstić information content (AvgIpc) is 3.37. The average molecular weight is 519 g/mol. The Morgan fingerprint density at radius 3 is 2.11 bits per heavy atom. The fraction of sp³-hybridized carbons (Fsp3) is 0.241. The van der Waals surface area contributed by atoms with Gasteiger partial charge >= 0.3 is 5.69 Å². The van der Waals surface area contributed by atoms with Gasteiger partial charge in [0.25, 0.3) is 5.56 Å². The number of hydrogen-bond donors (Lipinski definition) is 2. The van der Waals surface area contributed by atoms with Crippen LogP contribution in [0.4, 0.5) is 4.39 Å². The molecule has 3 aromatic carbocycles. The first-order valence-electron chi connectivity index (χ1n) is 12.2. The molecule has 196 valence electrons. The largest absolute Gasteiger partial charge is 0.497 e. The van der Waals surface area contributed by atoms with Gasteiger partial charge in [0.05, 0.1) is 26.0 Å². The van der Waals surface area contributed by atoms with Crippen LogP contribution in [0.25, 0.3) is 0 Å². The molecule has 1 saturated heterocycles. The Bertz CT molecular complexity index is 1450. The van der Waals surface area contributed by atoms with E-state index >= 15 is 0 Å². The highest BCUT2D eigenvalue weighted by atomic mass is 19.1. The fourth-order valence-corrected chi connectivity index (χ4v) is 4.94. The highest BCUT2D eigenvalue weighted by molar-refractivity contribution is 5.48. The number of nitrogens with one attached hydrogen (secondary N) is 1. The summed E-state index contributed by atoms with van der Waals surface area (Å²) in [7, 11) is 1.59. The zero-order chi connectivity index (χ0) is 26.7. The lowest BCUT2D eigenvalue weighted by molar-refractivity contribution is -0.0994. The second kappa shape index (κ2) is 10.7. The Morgan fingerprint density at radius 2 is 1.55 bits per heavy atom. The van der Waals surface area contributed by atoms with E-state index in [2.05, 4.69) is 0 Å². The number of rotatable bonds is 8. The Balaban J connectivity index is 1.63. The van der Waals surface area contributed by atoms with Crippen molar-refractivity contribution >= 4 is 0 Å². The van der Waals surface area contributed by atoms with E-state index in [0.717, 1.165) is 27.5 Å². The monoisotopic (exact) mass is 518 g/mol. The van der Waals surface area contributed by atoms with Crippen LogP contribution in [0.5, 0.6) is 5.75 Å². The standard InChI is InChI=1S/C29H27FN2O6/c1-36-22-14-12-21(13-15-22)29(19-8-4-2-5-9-19,20-10-6-3-7-11-20)38-24-16-26(37-25(24)18-33)32-17-23(30)27(34)31-28(32)35/h2-15,17,24-26,33H,16,18H2,1H3,(H,31,34,35). The Hall–Kier alpha value is -4.05. The molecule has 1 aliphatic rings. The normalized spacial score (nSPS) is 19.4. The van der Waals surface area contributed by atoms with Crippen LogP contribution in [-0.2, 0) is 15.1 Å². The summed E-state index contributed by atoms with van der Waals surface area (Å²) in [6.07, 6.45) is -1.57. The highest BCUT2D eigenvalue weighted by Gasteiger charge is 2.46. The van der Waals surface area contributed by atoms with E-state index in [-0.39, 0.29) is 6.42 Å². The molecule has 0 radical (unpaired) electrons. The minimum atomic E-state index is -1.13. The van der Waals surface area contributed by atoms with Crippen molar-refractivity contribution in [2.24, 2.45) is 0 Å². The predicted octanol–water partition coefficient (Wildman–Crippen LogP) is 3.34. The smallest absolute Gasteiger partial charge is 0.330 e. The number of ether oxygens (including phenoxy) is 3. The number of H-pyrrole nitrogens is 1. The van der Waals surface area contributed by atoms with Crippen LogP contribution in [0.2, 0.25) is 0 Å². The van der Waals surface area contributed by atoms with Gasteiger partial charge in [0.1, 0.15) is 23.7 Å². The topological polar surface area (TPSA) is 103 Å². The van der Waals surface area contributed by atoms with E-state index in [0.29, 0.717) is 5.75 Å². The Morgan fingerprint density at radius 1 is 0.974 bits per heavy atom. The molecule has 0 bridgehead atoms. The first-order chi connectivity index (χ1) is 18.5. The number of halogens is 1. The molecule has 5 rings (SSSR count). The van der Waals surface area contributed by atoms with Gasteiger partial charge in [0.15, 0.2) is 0 Å². The summed E-state index contributed by atoms with van der Waals surface area (Å²) in [6.45, 7) is -0.399. The molecule has 1 fully saturated rings. The van der Waals surface area contributed by atoms with Crippen molar-refractivity contribution in [1.82, 2.24) is 9.55 Å². The van der Waals surface area contributed by atoms with Gasteiger partial charge in [0.2, 0.25) is 5.82 Å². The summed E-state index contributed by atoms with van der Waals surface area (Å²) in [5.41, 5.74) is -0.573. The van der Waals surface area contributed by atoms with Crippen molar-refractivity contribution in [2.75, 3.05) is 13.7 Å². The van der Waals surface area contributed by atoms with E-state index < -0.39 is 47.7 Å². The van der Waals surface area contributed by atoms with Gasteiger partial charge in [-0.3, -0.25) is 14.3 Å². The molecule has 1 aromatic heterocycles. The number of aliphatic hydroxyl groups excluding tert-OH is 1. The lowest BCUT2D eigenvalue weighted by Gasteiger charge is -2.39. The highest BCUT2D eigenvalue weighted by Crippen LogP contribution is 2.45. The summed E-state index contributed by atoms with van der Waals surface area (Å²) < 4.78 is 33.3. The number of aromatic nitrogens is 2. The summed E-state index contributed by atoms with van der Waals surface area (Å²) in [4.78, 5) is 25.9. The molecule has 3 unspecified atom stereocenters. The van der Waals surface area contributed by atoms with Crippen LogP contribution >= 0.6 is 0 Å². The maximum atomic E-state index is 14.0. The Kier molecular flexibility index (Phi) is 7.24. The summed E-state index contributed by atoms with van der Waals surface area (Å²) in [5.74, 6) is -0.431. The predicted molar refractivity (Wildman–Crippen MR) is 138 cm³/mol. The minimum absolute atomic E-state index is 0.119. The lowest BCUT2D eigenvalue weighted by Crippen LogP contribution is -2.40. The molecule has 3 atom stereocenters. The van der Waals surface area contributed by atoms with Crippen molar-refractivity contribution < 1.29 is 23.7 Å². The number of aromatic amines is 1. The van der Waals surface area contributed by atoms with Crippen LogP contribution in [0.15, 0.2) is 101 Å². The first kappa shape index (κ1) is 25.6. The van der Waals surface area contributed by atoms with Crippen molar-refractivity contribution in [2.45, 2.75) is 30.5 Å². The summed E-state index contributed by atoms with van der Waals surface area (Å²) in [5, 5.41) is 10.2. The van der Waals surface area contributed by atoms with Crippen LogP contribution in [0.3, 0.4) is 0 Å². The van der Waals surface area contributed by atoms with Gasteiger partial charge in [-0.15, -0.1) is 0 Å². The molecule has 2 heterocycles. The molecule has 38 heavy (non-hydrogen) atoms. The maximum absolute atomic E-state index is 14.0. The van der Waals surface area contributed by atoms with Gasteiger partial charge in [-0.05, 0) is 28.8 Å². The van der Waals surface area contributed by atoms with Gasteiger partial charge in [-0.1, -0.05) is 72.8 Å². The number of methoxy groups -OCH3 is 1. The fourth-order valence-electron chi connectivity index (χ4n) is 4.94. The number of nitrogens with zero attached hydrogens (tertiary/aromatic N) is 1. The second-order valence-corrected chi connectivity index (χ2v) is 8.99. The van der Waals surface area contributed by atoms with Crippen LogP contribution < -0.4 is 16.0 Å². The minimum Gasteiger partial charge on any atom is -0.497 e. The maximum Gasteiger partial charge on any atom is 0.330 e. The number of hydrogen-bond acceptors (Lipinski definition) is 6. The van der Waals surface area contributed by atoms with Crippen molar-refractivity contribution in [1.29, 1.82) is 0 Å². The molecule has 0 spiro atoms. The second-order valence-electron chi connectivity index (χ2n) is 8.99. The lowest BCUT2D eigenvalue weighted by atomic mass is 9.79. The molecular weight excluding hydrogens is 491 g/mol. The number of benzene rings is 3. The Labute approximate surface area is 217 Å². The summed E-state index contributed by atoms with van der Waals surface area (Å²) in [6, 6.07) is 26.9. The van der Waals surface area contributed by atoms with Crippen LogP contribution in [-0.4, -0.2) is 40.6 Å². The van der Waals surface area contributed by atoms with Crippen LogP contribution in [0.1, 0.15) is 29.3 Å². The molecule has 9 heteroatoms. The van der Waals surface area contributed by atoms with E-state index in [9.17, 15) is 19.1 Å². The molecule has 0 saturated carbocycles. The van der Waals surface area contributed by atoms with Gasteiger partial charge in [-0.2, -0.15) is 4.39 Å². The zero-order valence-corrected chi connectivity index (χ0v) is 20.6. The molecule has 4 aromatic rings. The molecule has 0 amide bonds. The molecular formula is C29H27FN2O6. The van der Waals surface area contributed by atoms with Crippen molar-refractivity contribution in [3.05, 3.63) is 134 Å². The van der Waals surface area contributed by atoms with E-state index in [1.807, 2.05) is 89.9 Å². The number of aliphatic hydroxyl groups is 1. The SMILES string of the molecule is COc1ccc(C(OC2CC(n3cc(F)c(=O)[nH]c3=O)OC2CO)(c2ccccc2)c2ccccc2)cc1. The van der Waals surface area contributed by atoms with E-state index in [1.54, 1.807) is 7.11 Å². The molecule has 8 nitrogen and oxygen atoms in total. The third kappa shape index (κ3) is 4.67. The van der Waals surface area contributed by atoms with E-state index in [1.165, 1.54) is 0 Å².